The zero-order valence-corrected chi connectivity index (χ0v) is 16.0. The standard InChI is InChI=1S/C19H35N3O3/c1-14(2)22-10-8-19(25,9-11-22)13-20-17(23)12-15(3)21-18(24)16-6-4-5-7-16/h14-16,25H,4-13H2,1-3H3,(H,20,23)(H,21,24). The topological polar surface area (TPSA) is 81.7 Å². The zero-order valence-electron chi connectivity index (χ0n) is 16.0. The third kappa shape index (κ3) is 6.26. The number of likely N-dealkylation sites (tertiary alicyclic amines) is 1. The lowest BCUT2D eigenvalue weighted by molar-refractivity contribution is -0.126. The van der Waals surface area contributed by atoms with E-state index in [1.54, 1.807) is 0 Å². The lowest BCUT2D eigenvalue weighted by Gasteiger charge is -2.40. The third-order valence-electron chi connectivity index (χ3n) is 5.68. The molecular weight excluding hydrogens is 318 g/mol. The number of carbonyl (C=O) groups is 2. The fraction of sp³-hybridized carbons (Fsp3) is 0.895. The van der Waals surface area contributed by atoms with E-state index in [0.717, 1.165) is 38.8 Å². The van der Waals surface area contributed by atoms with Crippen LogP contribution in [-0.4, -0.2) is 59.1 Å². The number of hydrogen-bond donors (Lipinski definition) is 3. The summed E-state index contributed by atoms with van der Waals surface area (Å²) in [6.45, 7) is 8.19. The van der Waals surface area contributed by atoms with Crippen LogP contribution in [0.5, 0.6) is 0 Å². The van der Waals surface area contributed by atoms with Crippen molar-refractivity contribution < 1.29 is 14.7 Å². The molecule has 2 fully saturated rings. The maximum atomic E-state index is 12.1. The summed E-state index contributed by atoms with van der Waals surface area (Å²) in [5, 5.41) is 16.4. The number of rotatable bonds is 7. The third-order valence-corrected chi connectivity index (χ3v) is 5.68. The summed E-state index contributed by atoms with van der Waals surface area (Å²) < 4.78 is 0. The molecule has 1 unspecified atom stereocenters. The van der Waals surface area contributed by atoms with Crippen molar-refractivity contribution in [2.45, 2.75) is 83.4 Å². The van der Waals surface area contributed by atoms with E-state index in [0.29, 0.717) is 25.4 Å². The Hall–Kier alpha value is -1.14. The number of nitrogens with zero attached hydrogens (tertiary/aromatic N) is 1. The highest BCUT2D eigenvalue weighted by molar-refractivity contribution is 5.81. The van der Waals surface area contributed by atoms with E-state index < -0.39 is 5.60 Å². The van der Waals surface area contributed by atoms with E-state index in [1.165, 1.54) is 0 Å². The maximum Gasteiger partial charge on any atom is 0.223 e. The maximum absolute atomic E-state index is 12.1. The fourth-order valence-electron chi connectivity index (χ4n) is 3.85. The van der Waals surface area contributed by atoms with Crippen molar-refractivity contribution in [2.24, 2.45) is 5.92 Å². The average molecular weight is 354 g/mol. The van der Waals surface area contributed by atoms with Gasteiger partial charge >= 0.3 is 0 Å². The summed E-state index contributed by atoms with van der Waals surface area (Å²) in [7, 11) is 0. The molecule has 0 aromatic rings. The molecule has 1 saturated carbocycles. The summed E-state index contributed by atoms with van der Waals surface area (Å²) >= 11 is 0. The van der Waals surface area contributed by atoms with Crippen LogP contribution in [-0.2, 0) is 9.59 Å². The van der Waals surface area contributed by atoms with Crippen molar-refractivity contribution in [3.63, 3.8) is 0 Å². The second-order valence-electron chi connectivity index (χ2n) is 8.23. The van der Waals surface area contributed by atoms with Gasteiger partial charge in [0.15, 0.2) is 0 Å². The van der Waals surface area contributed by atoms with E-state index in [9.17, 15) is 14.7 Å². The number of aliphatic hydroxyl groups is 1. The molecule has 0 aromatic carbocycles. The lowest BCUT2D eigenvalue weighted by atomic mass is 9.90. The second kappa shape index (κ2) is 8.99. The molecular formula is C19H35N3O3. The van der Waals surface area contributed by atoms with Crippen LogP contribution in [0.4, 0.5) is 0 Å². The number of carbonyl (C=O) groups excluding carboxylic acids is 2. The van der Waals surface area contributed by atoms with Crippen LogP contribution < -0.4 is 10.6 Å². The van der Waals surface area contributed by atoms with Gasteiger partial charge in [0.25, 0.3) is 0 Å². The monoisotopic (exact) mass is 353 g/mol. The Balaban J connectivity index is 1.67. The van der Waals surface area contributed by atoms with Gasteiger partial charge in [0, 0.05) is 44.1 Å². The van der Waals surface area contributed by atoms with Crippen molar-refractivity contribution in [1.29, 1.82) is 0 Å². The lowest BCUT2D eigenvalue weighted by Crippen LogP contribution is -2.52. The molecule has 0 aromatic heterocycles. The Morgan fingerprint density at radius 1 is 1.16 bits per heavy atom. The van der Waals surface area contributed by atoms with Gasteiger partial charge in [-0.05, 0) is 46.5 Å². The van der Waals surface area contributed by atoms with Crippen molar-refractivity contribution in [3.05, 3.63) is 0 Å². The Morgan fingerprint density at radius 2 is 1.76 bits per heavy atom. The van der Waals surface area contributed by atoms with E-state index in [1.807, 2.05) is 6.92 Å². The summed E-state index contributed by atoms with van der Waals surface area (Å²) in [5.41, 5.74) is -0.808. The molecule has 2 amide bonds. The van der Waals surface area contributed by atoms with Crippen molar-refractivity contribution >= 4 is 11.8 Å². The van der Waals surface area contributed by atoms with Gasteiger partial charge in [-0.1, -0.05) is 12.8 Å². The molecule has 1 saturated heterocycles. The minimum absolute atomic E-state index is 0.0810. The van der Waals surface area contributed by atoms with Crippen LogP contribution in [0.1, 0.15) is 65.7 Å². The number of piperidine rings is 1. The molecule has 25 heavy (non-hydrogen) atoms. The van der Waals surface area contributed by atoms with Crippen LogP contribution >= 0.6 is 0 Å². The normalized spacial score (nSPS) is 22.8. The summed E-state index contributed by atoms with van der Waals surface area (Å²) in [5.74, 6) is 0.0915. The van der Waals surface area contributed by atoms with Gasteiger partial charge in [-0.2, -0.15) is 0 Å². The number of hydrogen-bond acceptors (Lipinski definition) is 4. The van der Waals surface area contributed by atoms with Crippen LogP contribution in [0.2, 0.25) is 0 Å². The first-order chi connectivity index (χ1) is 11.8. The molecule has 1 atom stereocenters. The molecule has 1 aliphatic heterocycles. The van der Waals surface area contributed by atoms with Gasteiger partial charge in [-0.3, -0.25) is 9.59 Å². The van der Waals surface area contributed by atoms with Gasteiger partial charge in [-0.25, -0.2) is 0 Å². The van der Waals surface area contributed by atoms with Crippen molar-refractivity contribution in [3.8, 4) is 0 Å². The SMILES string of the molecule is CC(CC(=O)NCC1(O)CCN(C(C)C)CC1)NC(=O)C1CCCC1. The summed E-state index contributed by atoms with van der Waals surface area (Å²) in [4.78, 5) is 26.6. The first-order valence-electron chi connectivity index (χ1n) is 9.82. The highest BCUT2D eigenvalue weighted by Gasteiger charge is 2.33. The molecule has 2 aliphatic rings. The molecule has 144 valence electrons. The predicted octanol–water partition coefficient (Wildman–Crippen LogP) is 1.42. The minimum Gasteiger partial charge on any atom is -0.388 e. The Kier molecular flexibility index (Phi) is 7.25. The van der Waals surface area contributed by atoms with Gasteiger partial charge in [0.1, 0.15) is 0 Å². The Morgan fingerprint density at radius 3 is 2.32 bits per heavy atom. The summed E-state index contributed by atoms with van der Waals surface area (Å²) in [6, 6.07) is 0.314. The van der Waals surface area contributed by atoms with Gasteiger partial charge in [0.05, 0.1) is 5.60 Å². The summed E-state index contributed by atoms with van der Waals surface area (Å²) in [6.07, 6.45) is 5.79. The average Bonchev–Trinajstić information content (AvgIpc) is 3.08. The van der Waals surface area contributed by atoms with E-state index in [4.69, 9.17) is 0 Å². The van der Waals surface area contributed by atoms with Crippen LogP contribution in [0.15, 0.2) is 0 Å². The quantitative estimate of drug-likeness (QED) is 0.647. The molecule has 6 nitrogen and oxygen atoms in total. The molecule has 1 aliphatic carbocycles. The molecule has 0 spiro atoms. The van der Waals surface area contributed by atoms with E-state index in [-0.39, 0.29) is 30.2 Å². The van der Waals surface area contributed by atoms with Crippen LogP contribution in [0.3, 0.4) is 0 Å². The molecule has 3 N–H and O–H groups in total. The van der Waals surface area contributed by atoms with Gasteiger partial charge in [0.2, 0.25) is 11.8 Å². The van der Waals surface area contributed by atoms with Crippen LogP contribution in [0, 0.1) is 5.92 Å². The van der Waals surface area contributed by atoms with Crippen molar-refractivity contribution in [2.75, 3.05) is 19.6 Å². The van der Waals surface area contributed by atoms with E-state index in [2.05, 4.69) is 29.4 Å². The smallest absolute Gasteiger partial charge is 0.223 e. The first-order valence-corrected chi connectivity index (χ1v) is 9.82. The fourth-order valence-corrected chi connectivity index (χ4v) is 3.85. The number of amides is 2. The minimum atomic E-state index is -0.808. The van der Waals surface area contributed by atoms with Crippen molar-refractivity contribution in [1.82, 2.24) is 15.5 Å². The Bertz CT molecular complexity index is 453. The highest BCUT2D eigenvalue weighted by atomic mass is 16.3. The Labute approximate surface area is 151 Å². The predicted molar refractivity (Wildman–Crippen MR) is 98.1 cm³/mol. The molecule has 1 heterocycles. The first kappa shape index (κ1) is 20.2. The van der Waals surface area contributed by atoms with Crippen LogP contribution in [0.25, 0.3) is 0 Å². The molecule has 6 heteroatoms. The number of nitrogens with one attached hydrogen (secondary N) is 2. The van der Waals surface area contributed by atoms with Gasteiger partial charge in [-0.15, -0.1) is 0 Å². The molecule has 0 bridgehead atoms. The van der Waals surface area contributed by atoms with E-state index >= 15 is 0 Å². The zero-order chi connectivity index (χ0) is 18.4. The molecule has 0 radical (unpaired) electrons. The second-order valence-corrected chi connectivity index (χ2v) is 8.23. The molecule has 2 rings (SSSR count). The highest BCUT2D eigenvalue weighted by Crippen LogP contribution is 2.25. The largest absolute Gasteiger partial charge is 0.388 e. The van der Waals surface area contributed by atoms with Gasteiger partial charge < -0.3 is 20.6 Å².